The minimum Gasteiger partial charge on any atom is -0.520 e. The Labute approximate surface area is 170 Å². The Balaban J connectivity index is 3.30. The van der Waals surface area contributed by atoms with E-state index in [2.05, 4.69) is 0 Å². The molecule has 0 aliphatic carbocycles. The van der Waals surface area contributed by atoms with Gasteiger partial charge in [-0.25, -0.2) is 0 Å². The van der Waals surface area contributed by atoms with Crippen molar-refractivity contribution in [2.75, 3.05) is 0 Å². The van der Waals surface area contributed by atoms with Gasteiger partial charge in [-0.1, -0.05) is 57.8 Å². The van der Waals surface area contributed by atoms with Crippen LogP contribution in [-0.4, -0.2) is 28.6 Å². The SMILES string of the molecule is C[Si](C)(C)OC(=O)CCCCCCCCCCCCCC(=O)O[Si](C)(C)C. The predicted molar refractivity (Wildman–Crippen MR) is 119 cm³/mol. The Morgan fingerprint density at radius 3 is 0.926 bits per heavy atom. The fourth-order valence-electron chi connectivity index (χ4n) is 2.91. The molecule has 0 bridgehead atoms. The van der Waals surface area contributed by atoms with Crippen molar-refractivity contribution in [1.82, 2.24) is 0 Å². The fourth-order valence-corrected chi connectivity index (χ4v) is 4.48. The van der Waals surface area contributed by atoms with Crippen LogP contribution in [0.3, 0.4) is 0 Å². The molecule has 0 radical (unpaired) electrons. The Hall–Kier alpha value is -0.626. The average Bonchev–Trinajstić information content (AvgIpc) is 2.48. The van der Waals surface area contributed by atoms with Crippen LogP contribution in [0.15, 0.2) is 0 Å². The topological polar surface area (TPSA) is 52.6 Å². The van der Waals surface area contributed by atoms with Crippen LogP contribution < -0.4 is 0 Å². The monoisotopic (exact) mass is 416 g/mol. The third kappa shape index (κ3) is 21.5. The van der Waals surface area contributed by atoms with Crippen molar-refractivity contribution >= 4 is 28.6 Å². The van der Waals surface area contributed by atoms with Gasteiger partial charge in [-0.3, -0.25) is 9.59 Å². The van der Waals surface area contributed by atoms with E-state index in [0.717, 1.165) is 25.7 Å². The second-order valence-electron chi connectivity index (χ2n) is 9.56. The summed E-state index contributed by atoms with van der Waals surface area (Å²) in [5.41, 5.74) is 0. The first-order valence-electron chi connectivity index (χ1n) is 10.9. The lowest BCUT2D eigenvalue weighted by molar-refractivity contribution is -0.136. The fraction of sp³-hybridized carbons (Fsp3) is 0.905. The minimum atomic E-state index is -1.71. The van der Waals surface area contributed by atoms with Gasteiger partial charge in [0.05, 0.1) is 0 Å². The van der Waals surface area contributed by atoms with Crippen molar-refractivity contribution in [2.45, 2.75) is 123 Å². The molecule has 0 fully saturated rings. The highest BCUT2D eigenvalue weighted by atomic mass is 28.4. The maximum Gasteiger partial charge on any atom is 0.292 e. The van der Waals surface area contributed by atoms with Crippen LogP contribution in [0, 0.1) is 0 Å². The van der Waals surface area contributed by atoms with E-state index in [1.165, 1.54) is 44.9 Å². The van der Waals surface area contributed by atoms with Gasteiger partial charge in [0.15, 0.2) is 0 Å². The molecule has 0 atom stereocenters. The molecule has 0 aromatic heterocycles. The van der Waals surface area contributed by atoms with Crippen molar-refractivity contribution in [1.29, 1.82) is 0 Å². The van der Waals surface area contributed by atoms with Crippen LogP contribution in [0.25, 0.3) is 0 Å². The number of carbonyl (C=O) groups excluding carboxylic acids is 2. The van der Waals surface area contributed by atoms with E-state index in [-0.39, 0.29) is 11.9 Å². The number of hydrogen-bond acceptors (Lipinski definition) is 4. The van der Waals surface area contributed by atoms with E-state index in [1.807, 2.05) is 39.3 Å². The Morgan fingerprint density at radius 2 is 0.704 bits per heavy atom. The van der Waals surface area contributed by atoms with E-state index in [1.54, 1.807) is 0 Å². The zero-order valence-electron chi connectivity index (χ0n) is 18.8. The summed E-state index contributed by atoms with van der Waals surface area (Å²) in [4.78, 5) is 23.3. The predicted octanol–water partition coefficient (Wildman–Crippen LogP) is 6.81. The summed E-state index contributed by atoms with van der Waals surface area (Å²) in [5.74, 6) is -0.0224. The van der Waals surface area contributed by atoms with E-state index in [9.17, 15) is 9.59 Å². The van der Waals surface area contributed by atoms with Gasteiger partial charge in [-0.2, -0.15) is 0 Å². The normalized spacial score (nSPS) is 12.1. The molecule has 0 spiro atoms. The van der Waals surface area contributed by atoms with Crippen LogP contribution in [0.1, 0.15) is 83.5 Å². The number of carbonyl (C=O) groups is 2. The first-order chi connectivity index (χ1) is 12.5. The molecule has 0 aromatic rings. The number of rotatable bonds is 16. The molecule has 0 aliphatic rings. The molecule has 27 heavy (non-hydrogen) atoms. The highest BCUT2D eigenvalue weighted by Crippen LogP contribution is 2.14. The molecule has 0 aromatic carbocycles. The lowest BCUT2D eigenvalue weighted by Crippen LogP contribution is -2.28. The Kier molecular flexibility index (Phi) is 14.0. The Bertz CT molecular complexity index is 373. The van der Waals surface area contributed by atoms with Gasteiger partial charge in [0.2, 0.25) is 16.6 Å². The molecule has 6 heteroatoms. The van der Waals surface area contributed by atoms with Crippen molar-refractivity contribution in [3.8, 4) is 0 Å². The van der Waals surface area contributed by atoms with Crippen LogP contribution >= 0.6 is 0 Å². The minimum absolute atomic E-state index is 0.0112. The first kappa shape index (κ1) is 26.4. The summed E-state index contributed by atoms with van der Waals surface area (Å²) in [6.07, 6.45) is 14.2. The van der Waals surface area contributed by atoms with Crippen molar-refractivity contribution in [2.24, 2.45) is 0 Å². The first-order valence-corrected chi connectivity index (χ1v) is 17.7. The lowest BCUT2D eigenvalue weighted by atomic mass is 10.0. The maximum absolute atomic E-state index is 11.6. The number of unbranched alkanes of at least 4 members (excludes halogenated alkanes) is 10. The van der Waals surface area contributed by atoms with Gasteiger partial charge in [0.1, 0.15) is 0 Å². The second kappa shape index (κ2) is 14.4. The summed E-state index contributed by atoms with van der Waals surface area (Å²) in [6, 6.07) is 0. The van der Waals surface area contributed by atoms with Gasteiger partial charge in [-0.15, -0.1) is 0 Å². The van der Waals surface area contributed by atoms with E-state index >= 15 is 0 Å². The molecule has 160 valence electrons. The standard InChI is InChI=1S/C21H44O4Si2/c1-26(2,3)24-20(22)18-16-14-12-10-8-7-9-11-13-15-17-19-21(23)25-27(4,5)6/h7-19H2,1-6H3. The van der Waals surface area contributed by atoms with E-state index in [0.29, 0.717) is 12.8 Å². The molecule has 0 unspecified atom stereocenters. The van der Waals surface area contributed by atoms with Gasteiger partial charge >= 0.3 is 0 Å². The van der Waals surface area contributed by atoms with Crippen molar-refractivity contribution in [3.63, 3.8) is 0 Å². The van der Waals surface area contributed by atoms with Crippen LogP contribution in [0.5, 0.6) is 0 Å². The van der Waals surface area contributed by atoms with Gasteiger partial charge in [-0.05, 0) is 52.1 Å². The molecule has 0 heterocycles. The highest BCUT2D eigenvalue weighted by Gasteiger charge is 2.20. The molecule has 0 saturated carbocycles. The average molecular weight is 417 g/mol. The molecule has 4 nitrogen and oxygen atoms in total. The molecular weight excluding hydrogens is 372 g/mol. The Morgan fingerprint density at radius 1 is 0.481 bits per heavy atom. The highest BCUT2D eigenvalue weighted by molar-refractivity contribution is 6.71. The third-order valence-electron chi connectivity index (χ3n) is 4.10. The maximum atomic E-state index is 11.6. The van der Waals surface area contributed by atoms with Gasteiger partial charge in [0.25, 0.3) is 11.9 Å². The van der Waals surface area contributed by atoms with E-state index in [4.69, 9.17) is 8.85 Å². The lowest BCUT2D eigenvalue weighted by Gasteiger charge is -2.17. The van der Waals surface area contributed by atoms with Crippen LogP contribution in [-0.2, 0) is 18.4 Å². The third-order valence-corrected chi connectivity index (χ3v) is 5.78. The van der Waals surface area contributed by atoms with E-state index < -0.39 is 16.6 Å². The smallest absolute Gasteiger partial charge is 0.292 e. The molecule has 0 amide bonds. The quantitative estimate of drug-likeness (QED) is 0.205. The summed E-state index contributed by atoms with van der Waals surface area (Å²) in [6.45, 7) is 12.3. The summed E-state index contributed by atoms with van der Waals surface area (Å²) < 4.78 is 10.9. The molecule has 0 rings (SSSR count). The zero-order chi connectivity index (χ0) is 20.8. The molecule has 0 aliphatic heterocycles. The van der Waals surface area contributed by atoms with Crippen LogP contribution in [0.2, 0.25) is 39.3 Å². The molecule has 0 N–H and O–H groups in total. The largest absolute Gasteiger partial charge is 0.520 e. The summed E-state index contributed by atoms with van der Waals surface area (Å²) in [5, 5.41) is 0. The van der Waals surface area contributed by atoms with Crippen molar-refractivity contribution < 1.29 is 18.4 Å². The number of hydrogen-bond donors (Lipinski definition) is 0. The van der Waals surface area contributed by atoms with Crippen molar-refractivity contribution in [3.05, 3.63) is 0 Å². The summed E-state index contributed by atoms with van der Waals surface area (Å²) in [7, 11) is -3.42. The summed E-state index contributed by atoms with van der Waals surface area (Å²) >= 11 is 0. The van der Waals surface area contributed by atoms with Crippen LogP contribution in [0.4, 0.5) is 0 Å². The van der Waals surface area contributed by atoms with Gasteiger partial charge < -0.3 is 8.85 Å². The van der Waals surface area contributed by atoms with Gasteiger partial charge in [0, 0.05) is 12.8 Å². The molecular formula is C21H44O4Si2. The zero-order valence-corrected chi connectivity index (χ0v) is 20.8. The second-order valence-corrected chi connectivity index (χ2v) is 18.4. The molecule has 0 saturated heterocycles.